The minimum Gasteiger partial charge on any atom is -0.465 e. The average molecular weight is 354 g/mol. The van der Waals surface area contributed by atoms with E-state index in [1.807, 2.05) is 0 Å². The number of anilines is 2. The number of ether oxygens (including phenoxy) is 1. The molecule has 0 spiro atoms. The molecular weight excluding hydrogens is 332 g/mol. The van der Waals surface area contributed by atoms with Crippen LogP contribution in [0.1, 0.15) is 40.6 Å². The summed E-state index contributed by atoms with van der Waals surface area (Å²) >= 11 is 0. The van der Waals surface area contributed by atoms with E-state index in [0.717, 1.165) is 25.9 Å². The third-order valence-electron chi connectivity index (χ3n) is 4.51. The van der Waals surface area contributed by atoms with Gasteiger partial charge < -0.3 is 15.0 Å². The van der Waals surface area contributed by atoms with Crippen LogP contribution in [0.3, 0.4) is 0 Å². The maximum Gasteiger partial charge on any atom is 0.337 e. The largest absolute Gasteiger partial charge is 0.465 e. The van der Waals surface area contributed by atoms with Crippen LogP contribution < -0.4 is 10.2 Å². The Balaban J connectivity index is 1.68. The van der Waals surface area contributed by atoms with Crippen molar-refractivity contribution in [2.24, 2.45) is 5.92 Å². The van der Waals surface area contributed by atoms with Gasteiger partial charge in [-0.25, -0.2) is 14.8 Å². The molecule has 0 unspecified atom stereocenters. The van der Waals surface area contributed by atoms with Crippen LogP contribution in [0, 0.1) is 5.92 Å². The number of piperidine rings is 1. The molecule has 1 aromatic heterocycles. The maximum absolute atomic E-state index is 12.5. The molecule has 136 valence electrons. The maximum atomic E-state index is 12.5. The fraction of sp³-hybridized carbons (Fsp3) is 0.368. The molecule has 0 radical (unpaired) electrons. The normalized spacial score (nSPS) is 14.8. The van der Waals surface area contributed by atoms with Crippen molar-refractivity contribution in [2.75, 3.05) is 30.4 Å². The van der Waals surface area contributed by atoms with Crippen molar-refractivity contribution < 1.29 is 14.3 Å². The molecule has 1 amide bonds. The van der Waals surface area contributed by atoms with Crippen molar-refractivity contribution in [1.29, 1.82) is 0 Å². The first-order chi connectivity index (χ1) is 12.6. The highest BCUT2D eigenvalue weighted by atomic mass is 16.5. The number of rotatable bonds is 4. The monoisotopic (exact) mass is 354 g/mol. The minimum absolute atomic E-state index is 0.311. The van der Waals surface area contributed by atoms with Gasteiger partial charge in [-0.1, -0.05) is 6.92 Å². The molecule has 2 aromatic rings. The average Bonchev–Trinajstić information content (AvgIpc) is 2.68. The predicted octanol–water partition coefficient (Wildman–Crippen LogP) is 2.75. The summed E-state index contributed by atoms with van der Waals surface area (Å²) in [5, 5.41) is 2.78. The van der Waals surface area contributed by atoms with Crippen molar-refractivity contribution >= 4 is 23.5 Å². The van der Waals surface area contributed by atoms with Crippen LogP contribution in [0.5, 0.6) is 0 Å². The number of amides is 1. The highest BCUT2D eigenvalue weighted by Crippen LogP contribution is 2.20. The molecule has 1 aromatic carbocycles. The Kier molecular flexibility index (Phi) is 5.46. The van der Waals surface area contributed by atoms with E-state index in [9.17, 15) is 9.59 Å². The molecule has 0 bridgehead atoms. The fourth-order valence-corrected chi connectivity index (χ4v) is 2.84. The quantitative estimate of drug-likeness (QED) is 0.850. The number of aromatic nitrogens is 2. The van der Waals surface area contributed by atoms with Gasteiger partial charge in [0.15, 0.2) is 0 Å². The molecule has 1 saturated heterocycles. The fourth-order valence-electron chi connectivity index (χ4n) is 2.84. The number of nitrogens with one attached hydrogen (secondary N) is 1. The third kappa shape index (κ3) is 4.17. The predicted molar refractivity (Wildman–Crippen MR) is 98.4 cm³/mol. The van der Waals surface area contributed by atoms with E-state index in [2.05, 4.69) is 31.8 Å². The van der Waals surface area contributed by atoms with Crippen LogP contribution >= 0.6 is 0 Å². The molecule has 1 fully saturated rings. The van der Waals surface area contributed by atoms with Gasteiger partial charge in [0.2, 0.25) is 5.95 Å². The second kappa shape index (κ2) is 7.95. The summed E-state index contributed by atoms with van der Waals surface area (Å²) in [6, 6.07) is 8.09. The second-order valence-corrected chi connectivity index (χ2v) is 6.43. The molecule has 0 aliphatic carbocycles. The van der Waals surface area contributed by atoms with Crippen LogP contribution in [-0.2, 0) is 4.74 Å². The summed E-state index contributed by atoms with van der Waals surface area (Å²) in [6.07, 6.45) is 3.81. The van der Waals surface area contributed by atoms with Gasteiger partial charge in [0.05, 0.1) is 12.7 Å². The summed E-state index contributed by atoms with van der Waals surface area (Å²) in [7, 11) is 1.33. The minimum atomic E-state index is -0.417. The molecule has 2 heterocycles. The molecule has 1 aliphatic rings. The molecule has 0 saturated carbocycles. The lowest BCUT2D eigenvalue weighted by Gasteiger charge is -2.30. The molecule has 1 aliphatic heterocycles. The summed E-state index contributed by atoms with van der Waals surface area (Å²) in [6.45, 7) is 4.05. The number of hydrogen-bond acceptors (Lipinski definition) is 6. The smallest absolute Gasteiger partial charge is 0.337 e. The number of nitrogens with zero attached hydrogens (tertiary/aromatic N) is 3. The van der Waals surface area contributed by atoms with E-state index in [0.29, 0.717) is 28.8 Å². The molecule has 1 N–H and O–H groups in total. The van der Waals surface area contributed by atoms with Crippen molar-refractivity contribution in [3.05, 3.63) is 47.8 Å². The molecule has 26 heavy (non-hydrogen) atoms. The van der Waals surface area contributed by atoms with Crippen molar-refractivity contribution in [1.82, 2.24) is 9.97 Å². The number of benzene rings is 1. The lowest BCUT2D eigenvalue weighted by atomic mass is 10.00. The van der Waals surface area contributed by atoms with Crippen LogP contribution in [0.4, 0.5) is 11.6 Å². The lowest BCUT2D eigenvalue weighted by Crippen LogP contribution is -2.34. The van der Waals surface area contributed by atoms with Crippen LogP contribution in [0.25, 0.3) is 0 Å². The number of carbonyl (C=O) groups is 2. The van der Waals surface area contributed by atoms with E-state index in [1.54, 1.807) is 36.5 Å². The SMILES string of the molecule is COC(=O)c1ccc(NC(=O)c2ccnc(N3CCC(C)CC3)n2)cc1. The first-order valence-corrected chi connectivity index (χ1v) is 8.64. The van der Waals surface area contributed by atoms with Crippen molar-refractivity contribution in [2.45, 2.75) is 19.8 Å². The second-order valence-electron chi connectivity index (χ2n) is 6.43. The Bertz CT molecular complexity index is 784. The Morgan fingerprint density at radius 3 is 2.50 bits per heavy atom. The number of esters is 1. The zero-order valence-corrected chi connectivity index (χ0v) is 14.9. The standard InChI is InChI=1S/C19H22N4O3/c1-13-8-11-23(12-9-13)19-20-10-7-16(22-19)17(24)21-15-5-3-14(4-6-15)18(25)26-2/h3-7,10,13H,8-9,11-12H2,1-2H3,(H,21,24). The molecule has 7 nitrogen and oxygen atoms in total. The highest BCUT2D eigenvalue weighted by Gasteiger charge is 2.19. The number of methoxy groups -OCH3 is 1. The molecule has 7 heteroatoms. The van der Waals surface area contributed by atoms with E-state index in [1.165, 1.54) is 7.11 Å². The van der Waals surface area contributed by atoms with E-state index in [4.69, 9.17) is 0 Å². The molecule has 3 rings (SSSR count). The number of hydrogen-bond donors (Lipinski definition) is 1. The zero-order chi connectivity index (χ0) is 18.5. The Labute approximate surface area is 152 Å². The van der Waals surface area contributed by atoms with E-state index < -0.39 is 5.97 Å². The summed E-state index contributed by atoms with van der Waals surface area (Å²) in [5.41, 5.74) is 1.31. The van der Waals surface area contributed by atoms with E-state index in [-0.39, 0.29) is 5.91 Å². The van der Waals surface area contributed by atoms with Gasteiger partial charge in [-0.05, 0) is 49.1 Å². The first-order valence-electron chi connectivity index (χ1n) is 8.64. The lowest BCUT2D eigenvalue weighted by molar-refractivity contribution is 0.0600. The van der Waals surface area contributed by atoms with Gasteiger partial charge in [-0.3, -0.25) is 4.79 Å². The van der Waals surface area contributed by atoms with E-state index >= 15 is 0 Å². The Morgan fingerprint density at radius 1 is 1.15 bits per heavy atom. The van der Waals surface area contributed by atoms with Crippen LogP contribution in [0.15, 0.2) is 36.5 Å². The summed E-state index contributed by atoms with van der Waals surface area (Å²) < 4.78 is 4.66. The Hall–Kier alpha value is -2.96. The Morgan fingerprint density at radius 2 is 1.85 bits per heavy atom. The van der Waals surface area contributed by atoms with Crippen molar-refractivity contribution in [3.63, 3.8) is 0 Å². The first kappa shape index (κ1) is 17.8. The van der Waals surface area contributed by atoms with Gasteiger partial charge in [-0.2, -0.15) is 0 Å². The molecular formula is C19H22N4O3. The van der Waals surface area contributed by atoms with Gasteiger partial charge in [0.1, 0.15) is 5.69 Å². The topological polar surface area (TPSA) is 84.4 Å². The van der Waals surface area contributed by atoms with Gasteiger partial charge in [0.25, 0.3) is 5.91 Å². The number of carbonyl (C=O) groups excluding carboxylic acids is 2. The van der Waals surface area contributed by atoms with Gasteiger partial charge in [-0.15, -0.1) is 0 Å². The van der Waals surface area contributed by atoms with Crippen LogP contribution in [-0.4, -0.2) is 42.0 Å². The van der Waals surface area contributed by atoms with Crippen molar-refractivity contribution in [3.8, 4) is 0 Å². The summed E-state index contributed by atoms with van der Waals surface area (Å²) in [4.78, 5) is 34.7. The van der Waals surface area contributed by atoms with Gasteiger partial charge >= 0.3 is 5.97 Å². The molecule has 0 atom stereocenters. The zero-order valence-electron chi connectivity index (χ0n) is 14.9. The third-order valence-corrected chi connectivity index (χ3v) is 4.51. The van der Waals surface area contributed by atoms with Crippen LogP contribution in [0.2, 0.25) is 0 Å². The highest BCUT2D eigenvalue weighted by molar-refractivity contribution is 6.03. The van der Waals surface area contributed by atoms with Gasteiger partial charge in [0, 0.05) is 25.0 Å². The summed E-state index contributed by atoms with van der Waals surface area (Å²) in [5.74, 6) is 0.570.